The Labute approximate surface area is 134 Å². The van der Waals surface area contributed by atoms with Crippen molar-refractivity contribution in [3.8, 4) is 0 Å². The molecule has 0 aliphatic rings. The number of rotatable bonds is 10. The van der Waals surface area contributed by atoms with Gasteiger partial charge in [-0.05, 0) is 12.5 Å². The molecule has 0 saturated carbocycles. The smallest absolute Gasteiger partial charge is 0.356 e. The van der Waals surface area contributed by atoms with E-state index >= 15 is 0 Å². The van der Waals surface area contributed by atoms with Gasteiger partial charge in [0, 0.05) is 26.2 Å². The lowest BCUT2D eigenvalue weighted by atomic mass is 10.0. The van der Waals surface area contributed by atoms with E-state index in [9.17, 15) is 9.59 Å². The molecule has 1 unspecified atom stereocenters. The molecule has 0 bridgehead atoms. The summed E-state index contributed by atoms with van der Waals surface area (Å²) >= 11 is 0. The molecule has 0 fully saturated rings. The Balaban J connectivity index is 3.21. The van der Waals surface area contributed by atoms with Gasteiger partial charge in [0.15, 0.2) is 5.78 Å². The summed E-state index contributed by atoms with van der Waals surface area (Å²) in [5.41, 5.74) is -0.266. The fraction of sp³-hybridized carbons (Fsp3) is 0.529. The average molecular weight is 322 g/mol. The molecule has 4 nitrogen and oxygen atoms in total. The molecule has 0 aromatic heterocycles. The van der Waals surface area contributed by atoms with Gasteiger partial charge >= 0.3 is 8.56 Å². The number of unbranched alkanes of at least 4 members (excludes halogenated alkanes) is 1. The molecule has 5 heteroatoms. The predicted octanol–water partition coefficient (Wildman–Crippen LogP) is 3.75. The first kappa shape index (κ1) is 18.7. The number of ketones is 2. The standard InChI is InChI=1S/C17H26O4Si/c1-5-7-13-15(18)17(22(6-2,20-3)21-4)16(19)14-11-9-8-10-12-14/h8-12,17H,5-7,13H2,1-4H3. The molecule has 1 aromatic rings. The molecular weight excluding hydrogens is 296 g/mol. The first-order valence-electron chi connectivity index (χ1n) is 7.78. The monoisotopic (exact) mass is 322 g/mol. The Morgan fingerprint density at radius 2 is 1.68 bits per heavy atom. The Hall–Kier alpha value is -1.30. The highest BCUT2D eigenvalue weighted by molar-refractivity contribution is 6.77. The minimum atomic E-state index is -2.90. The van der Waals surface area contributed by atoms with Gasteiger partial charge in [-0.2, -0.15) is 0 Å². The van der Waals surface area contributed by atoms with Crippen LogP contribution in [0.3, 0.4) is 0 Å². The zero-order chi connectivity index (χ0) is 16.6. The number of hydrogen-bond donors (Lipinski definition) is 0. The quantitative estimate of drug-likeness (QED) is 0.374. The summed E-state index contributed by atoms with van der Waals surface area (Å²) < 4.78 is 11.2. The van der Waals surface area contributed by atoms with Crippen LogP contribution in [-0.4, -0.2) is 34.3 Å². The first-order chi connectivity index (χ1) is 10.6. The van der Waals surface area contributed by atoms with E-state index in [1.807, 2.05) is 19.9 Å². The number of carbonyl (C=O) groups excluding carboxylic acids is 2. The highest BCUT2D eigenvalue weighted by Crippen LogP contribution is 2.33. The zero-order valence-electron chi connectivity index (χ0n) is 13.9. The third kappa shape index (κ3) is 4.12. The van der Waals surface area contributed by atoms with Crippen LogP contribution in [0.15, 0.2) is 30.3 Å². The van der Waals surface area contributed by atoms with Crippen LogP contribution in [0.4, 0.5) is 0 Å². The number of hydrogen-bond acceptors (Lipinski definition) is 4. The van der Waals surface area contributed by atoms with Crippen molar-refractivity contribution in [2.75, 3.05) is 14.2 Å². The Bertz CT molecular complexity index is 474. The third-order valence-electron chi connectivity index (χ3n) is 4.04. The Morgan fingerprint density at radius 3 is 2.14 bits per heavy atom. The summed E-state index contributed by atoms with van der Waals surface area (Å²) in [5, 5.41) is 0. The molecule has 0 heterocycles. The summed E-state index contributed by atoms with van der Waals surface area (Å²) in [5.74, 6) is -0.244. The van der Waals surface area contributed by atoms with E-state index in [0.29, 0.717) is 18.0 Å². The van der Waals surface area contributed by atoms with Crippen LogP contribution in [-0.2, 0) is 13.6 Å². The molecule has 1 rings (SSSR count). The summed E-state index contributed by atoms with van der Waals surface area (Å²) in [7, 11) is 0.174. The van der Waals surface area contributed by atoms with Crippen molar-refractivity contribution in [1.82, 2.24) is 0 Å². The van der Waals surface area contributed by atoms with Crippen molar-refractivity contribution in [3.63, 3.8) is 0 Å². The molecule has 1 atom stereocenters. The SMILES string of the molecule is CCCCC(=O)C(C(=O)c1ccccc1)[Si](CC)(OC)OC. The van der Waals surface area contributed by atoms with Crippen molar-refractivity contribution in [2.24, 2.45) is 0 Å². The van der Waals surface area contributed by atoms with Gasteiger partial charge in [-0.1, -0.05) is 50.6 Å². The van der Waals surface area contributed by atoms with Gasteiger partial charge in [-0.25, -0.2) is 0 Å². The number of carbonyl (C=O) groups is 2. The molecule has 0 spiro atoms. The second-order valence-electron chi connectivity index (χ2n) is 5.31. The zero-order valence-corrected chi connectivity index (χ0v) is 14.9. The van der Waals surface area contributed by atoms with E-state index in [1.165, 1.54) is 14.2 Å². The maximum Gasteiger partial charge on any atom is 0.356 e. The van der Waals surface area contributed by atoms with Crippen LogP contribution in [0.5, 0.6) is 0 Å². The lowest BCUT2D eigenvalue weighted by molar-refractivity contribution is -0.118. The van der Waals surface area contributed by atoms with Crippen molar-refractivity contribution in [1.29, 1.82) is 0 Å². The van der Waals surface area contributed by atoms with E-state index in [1.54, 1.807) is 24.3 Å². The van der Waals surface area contributed by atoms with E-state index < -0.39 is 14.1 Å². The lowest BCUT2D eigenvalue weighted by Crippen LogP contribution is -2.50. The summed E-state index contributed by atoms with van der Waals surface area (Å²) in [6, 6.07) is 9.49. The second-order valence-corrected chi connectivity index (χ2v) is 9.03. The van der Waals surface area contributed by atoms with Crippen LogP contribution in [0.1, 0.15) is 43.5 Å². The fourth-order valence-corrected chi connectivity index (χ4v) is 5.49. The fourth-order valence-electron chi connectivity index (χ4n) is 2.67. The van der Waals surface area contributed by atoms with Crippen LogP contribution in [0.2, 0.25) is 11.6 Å². The Morgan fingerprint density at radius 1 is 1.09 bits per heavy atom. The van der Waals surface area contributed by atoms with Gasteiger partial charge in [0.05, 0.1) is 0 Å². The van der Waals surface area contributed by atoms with Crippen LogP contribution >= 0.6 is 0 Å². The largest absolute Gasteiger partial charge is 0.397 e. The molecular formula is C17H26O4Si. The normalized spacial score (nSPS) is 12.9. The van der Waals surface area contributed by atoms with Gasteiger partial charge in [-0.15, -0.1) is 0 Å². The molecule has 1 aromatic carbocycles. The second kappa shape index (κ2) is 8.98. The summed E-state index contributed by atoms with van der Waals surface area (Å²) in [6.07, 6.45) is 2.08. The highest BCUT2D eigenvalue weighted by atomic mass is 28.4. The average Bonchev–Trinajstić information content (AvgIpc) is 2.58. The molecule has 0 saturated heterocycles. The topological polar surface area (TPSA) is 52.6 Å². The maximum absolute atomic E-state index is 12.9. The van der Waals surface area contributed by atoms with Crippen molar-refractivity contribution in [3.05, 3.63) is 35.9 Å². The van der Waals surface area contributed by atoms with Gasteiger partial charge in [0.25, 0.3) is 0 Å². The third-order valence-corrected chi connectivity index (χ3v) is 7.87. The summed E-state index contributed by atoms with van der Waals surface area (Å²) in [4.78, 5) is 25.6. The maximum atomic E-state index is 12.9. The van der Waals surface area contributed by atoms with Crippen molar-refractivity contribution < 1.29 is 18.4 Å². The number of benzene rings is 1. The molecule has 122 valence electrons. The minimum absolute atomic E-state index is 0.0621. The van der Waals surface area contributed by atoms with Gasteiger partial charge in [-0.3, -0.25) is 9.59 Å². The van der Waals surface area contributed by atoms with E-state index in [4.69, 9.17) is 8.85 Å². The van der Waals surface area contributed by atoms with E-state index in [0.717, 1.165) is 12.8 Å². The van der Waals surface area contributed by atoms with Crippen molar-refractivity contribution in [2.45, 2.75) is 44.7 Å². The molecule has 22 heavy (non-hydrogen) atoms. The lowest BCUT2D eigenvalue weighted by Gasteiger charge is -2.32. The first-order valence-corrected chi connectivity index (χ1v) is 9.88. The van der Waals surface area contributed by atoms with Gasteiger partial charge in [0.2, 0.25) is 0 Å². The molecule has 0 N–H and O–H groups in total. The molecule has 0 aliphatic carbocycles. The molecule has 0 amide bonds. The van der Waals surface area contributed by atoms with Crippen LogP contribution in [0, 0.1) is 0 Å². The summed E-state index contributed by atoms with van der Waals surface area (Å²) in [6.45, 7) is 3.94. The predicted molar refractivity (Wildman–Crippen MR) is 89.3 cm³/mol. The van der Waals surface area contributed by atoms with Crippen LogP contribution < -0.4 is 0 Å². The number of Topliss-reactive ketones (excluding diaryl/α,β-unsaturated/α-hetero) is 2. The van der Waals surface area contributed by atoms with E-state index in [-0.39, 0.29) is 11.6 Å². The molecule has 0 aliphatic heterocycles. The highest BCUT2D eigenvalue weighted by Gasteiger charge is 2.51. The minimum Gasteiger partial charge on any atom is -0.397 e. The Kier molecular flexibility index (Phi) is 7.65. The molecule has 0 radical (unpaired) electrons. The van der Waals surface area contributed by atoms with Crippen molar-refractivity contribution >= 4 is 20.1 Å². The van der Waals surface area contributed by atoms with Crippen LogP contribution in [0.25, 0.3) is 0 Å². The van der Waals surface area contributed by atoms with E-state index in [2.05, 4.69) is 0 Å². The van der Waals surface area contributed by atoms with Gasteiger partial charge in [0.1, 0.15) is 11.3 Å². The van der Waals surface area contributed by atoms with Gasteiger partial charge < -0.3 is 8.85 Å².